The lowest BCUT2D eigenvalue weighted by molar-refractivity contribution is -0.182. The summed E-state index contributed by atoms with van der Waals surface area (Å²) in [6.07, 6.45) is 7.65. The zero-order valence-corrected chi connectivity index (χ0v) is 18.9. The highest BCUT2D eigenvalue weighted by molar-refractivity contribution is 5.85. The Kier molecular flexibility index (Phi) is 6.50. The van der Waals surface area contributed by atoms with Gasteiger partial charge in [0.05, 0.1) is 24.8 Å². The molecule has 5 nitrogen and oxygen atoms in total. The van der Waals surface area contributed by atoms with Gasteiger partial charge in [-0.25, -0.2) is 8.78 Å². The molecule has 1 heterocycles. The Morgan fingerprint density at radius 2 is 2.00 bits per heavy atom. The first-order valence-electron chi connectivity index (χ1n) is 11.4. The third-order valence-corrected chi connectivity index (χ3v) is 7.89. The molecule has 5 aliphatic rings. The van der Waals surface area contributed by atoms with E-state index in [9.17, 15) is 18.8 Å². The number of benzene rings is 1. The van der Waals surface area contributed by atoms with Crippen LogP contribution in [-0.4, -0.2) is 41.1 Å². The molecule has 1 saturated heterocycles. The summed E-state index contributed by atoms with van der Waals surface area (Å²) in [5.41, 5.74) is -0.0712. The second-order valence-electron chi connectivity index (χ2n) is 10.2. The van der Waals surface area contributed by atoms with Crippen LogP contribution in [0.3, 0.4) is 0 Å². The first-order valence-corrected chi connectivity index (χ1v) is 11.4. The highest BCUT2D eigenvalue weighted by atomic mass is 35.5. The van der Waals surface area contributed by atoms with Crippen LogP contribution in [0.1, 0.15) is 56.9 Å². The van der Waals surface area contributed by atoms with Crippen LogP contribution in [0.15, 0.2) is 18.2 Å². The highest BCUT2D eigenvalue weighted by Crippen LogP contribution is 2.59. The average Bonchev–Trinajstić information content (AvgIpc) is 3.19. The molecule has 8 heteroatoms. The van der Waals surface area contributed by atoms with Crippen LogP contribution in [0.5, 0.6) is 0 Å². The Hall–Kier alpha value is -1.75. The maximum atomic E-state index is 14.1. The van der Waals surface area contributed by atoms with Gasteiger partial charge in [-0.15, -0.1) is 12.4 Å². The number of nitrogens with one attached hydrogen (secondary N) is 1. The van der Waals surface area contributed by atoms with Crippen LogP contribution in [0.25, 0.3) is 0 Å². The molecule has 1 aromatic rings. The molecule has 1 N–H and O–H groups in total. The summed E-state index contributed by atoms with van der Waals surface area (Å²) in [4.78, 5) is 14.5. The molecule has 174 valence electrons. The molecule has 0 radical (unpaired) electrons. The van der Waals surface area contributed by atoms with Crippen molar-refractivity contribution in [3.63, 3.8) is 0 Å². The number of halogens is 3. The maximum Gasteiger partial charge on any atom is 0.237 e. The van der Waals surface area contributed by atoms with Crippen molar-refractivity contribution < 1.29 is 18.3 Å². The number of amides is 1. The van der Waals surface area contributed by atoms with Crippen molar-refractivity contribution in [3.05, 3.63) is 35.4 Å². The normalized spacial score (nSPS) is 34.9. The van der Waals surface area contributed by atoms with Crippen LogP contribution < -0.4 is 5.32 Å². The Morgan fingerprint density at radius 1 is 1.25 bits per heavy atom. The lowest BCUT2D eigenvalue weighted by atomic mass is 9.51. The minimum Gasteiger partial charge on any atom is -0.370 e. The third-order valence-electron chi connectivity index (χ3n) is 7.89. The van der Waals surface area contributed by atoms with Crippen LogP contribution >= 0.6 is 12.4 Å². The molecule has 6 rings (SSSR count). The average molecular weight is 466 g/mol. The molecule has 4 saturated carbocycles. The van der Waals surface area contributed by atoms with E-state index in [4.69, 9.17) is 4.74 Å². The quantitative estimate of drug-likeness (QED) is 0.687. The number of likely N-dealkylation sites (tertiary alicyclic amines) is 1. The number of hydrogen-bond acceptors (Lipinski definition) is 4. The van der Waals surface area contributed by atoms with Gasteiger partial charge in [0, 0.05) is 23.7 Å². The van der Waals surface area contributed by atoms with E-state index in [1.165, 1.54) is 18.6 Å². The van der Waals surface area contributed by atoms with Crippen molar-refractivity contribution in [2.24, 2.45) is 11.8 Å². The van der Waals surface area contributed by atoms with Crippen LogP contribution in [0.4, 0.5) is 8.78 Å². The van der Waals surface area contributed by atoms with E-state index in [0.717, 1.165) is 51.0 Å². The van der Waals surface area contributed by atoms with Gasteiger partial charge in [-0.3, -0.25) is 4.79 Å². The van der Waals surface area contributed by atoms with Gasteiger partial charge in [0.2, 0.25) is 5.91 Å². The Labute approximate surface area is 193 Å². The van der Waals surface area contributed by atoms with Crippen molar-refractivity contribution in [1.82, 2.24) is 10.2 Å². The minimum atomic E-state index is -0.583. The van der Waals surface area contributed by atoms with E-state index in [1.54, 1.807) is 4.90 Å². The second kappa shape index (κ2) is 8.89. The van der Waals surface area contributed by atoms with E-state index in [1.807, 2.05) is 0 Å². The number of nitrogens with zero attached hydrogens (tertiary/aromatic N) is 2. The summed E-state index contributed by atoms with van der Waals surface area (Å²) >= 11 is 0. The lowest BCUT2D eigenvalue weighted by Crippen LogP contribution is -2.66. The fourth-order valence-electron chi connectivity index (χ4n) is 6.99. The van der Waals surface area contributed by atoms with Crippen LogP contribution in [0, 0.1) is 34.8 Å². The number of rotatable bonds is 6. The number of nitriles is 1. The molecule has 4 aliphatic carbocycles. The molecule has 2 unspecified atom stereocenters. The summed E-state index contributed by atoms with van der Waals surface area (Å²) in [5, 5.41) is 12.9. The number of ether oxygens (including phenoxy) is 1. The predicted molar refractivity (Wildman–Crippen MR) is 117 cm³/mol. The summed E-state index contributed by atoms with van der Waals surface area (Å²) in [6.45, 7) is 1.05. The number of carbonyl (C=O) groups excluding carboxylic acids is 1. The van der Waals surface area contributed by atoms with Crippen molar-refractivity contribution in [1.29, 1.82) is 5.26 Å². The number of carbonyl (C=O) groups is 1. The van der Waals surface area contributed by atoms with Crippen molar-refractivity contribution in [2.75, 3.05) is 13.1 Å². The molecule has 4 bridgehead atoms. The third kappa shape index (κ3) is 4.37. The van der Waals surface area contributed by atoms with Gasteiger partial charge in [0.1, 0.15) is 17.7 Å². The Bertz CT molecular complexity index is 907. The highest BCUT2D eigenvalue weighted by Gasteiger charge is 2.58. The molecule has 1 amide bonds. The van der Waals surface area contributed by atoms with E-state index < -0.39 is 11.6 Å². The van der Waals surface area contributed by atoms with Crippen LogP contribution in [0.2, 0.25) is 0 Å². The summed E-state index contributed by atoms with van der Waals surface area (Å²) < 4.78 is 33.7. The molecule has 3 atom stereocenters. The second-order valence-corrected chi connectivity index (χ2v) is 10.2. The van der Waals surface area contributed by atoms with Gasteiger partial charge in [-0.2, -0.15) is 5.26 Å². The summed E-state index contributed by atoms with van der Waals surface area (Å²) in [6, 6.07) is 5.57. The first kappa shape index (κ1) is 23.4. The van der Waals surface area contributed by atoms with Gasteiger partial charge < -0.3 is 15.0 Å². The smallest absolute Gasteiger partial charge is 0.237 e. The first-order chi connectivity index (χ1) is 14.9. The van der Waals surface area contributed by atoms with E-state index in [0.29, 0.717) is 23.9 Å². The van der Waals surface area contributed by atoms with E-state index in [-0.39, 0.29) is 48.6 Å². The van der Waals surface area contributed by atoms with Crippen molar-refractivity contribution >= 4 is 18.3 Å². The summed E-state index contributed by atoms with van der Waals surface area (Å²) in [5.74, 6) is -0.0643. The molecule has 5 fully saturated rings. The SMILES string of the molecule is Cl.N#C[C@@H]1CCCN1C(=O)CNC12CC3CC(C1)CC(OCc1ccc(F)cc1F)(C3)C2. The molecule has 0 spiro atoms. The lowest BCUT2D eigenvalue weighted by Gasteiger charge is -2.62. The molecule has 1 aromatic carbocycles. The molecular weight excluding hydrogens is 436 g/mol. The van der Waals surface area contributed by atoms with Gasteiger partial charge in [0.25, 0.3) is 0 Å². The van der Waals surface area contributed by atoms with Gasteiger partial charge in [-0.1, -0.05) is 6.07 Å². The molecule has 0 aromatic heterocycles. The van der Waals surface area contributed by atoms with Crippen molar-refractivity contribution in [2.45, 2.75) is 75.2 Å². The minimum absolute atomic E-state index is 0. The van der Waals surface area contributed by atoms with Crippen molar-refractivity contribution in [3.8, 4) is 6.07 Å². The topological polar surface area (TPSA) is 65.4 Å². The summed E-state index contributed by atoms with van der Waals surface area (Å²) in [7, 11) is 0. The standard InChI is InChI=1S/C24H29F2N3O2.ClH/c25-19-4-3-18(21(26)7-19)14-31-24-10-16-6-17(11-24)9-23(8-16,15-24)28-13-22(30)29-5-1-2-20(29)12-27;/h3-4,7,16-17,20,28H,1-2,5-6,8-11,13-15H2;1H/t16?,17?,20-,23?,24?;/m0./s1. The van der Waals surface area contributed by atoms with E-state index >= 15 is 0 Å². The monoisotopic (exact) mass is 465 g/mol. The number of hydrogen-bond donors (Lipinski definition) is 1. The maximum absolute atomic E-state index is 14.1. The molecule has 32 heavy (non-hydrogen) atoms. The Morgan fingerprint density at radius 3 is 2.69 bits per heavy atom. The van der Waals surface area contributed by atoms with E-state index in [2.05, 4.69) is 11.4 Å². The zero-order valence-electron chi connectivity index (χ0n) is 18.1. The molecular formula is C24H30ClF2N3O2. The van der Waals surface area contributed by atoms with Crippen LogP contribution in [-0.2, 0) is 16.1 Å². The molecule has 1 aliphatic heterocycles. The van der Waals surface area contributed by atoms with Gasteiger partial charge in [-0.05, 0) is 69.3 Å². The fourth-order valence-corrected chi connectivity index (χ4v) is 6.99. The zero-order chi connectivity index (χ0) is 21.6. The Balaban J connectivity index is 0.00000245. The predicted octanol–water partition coefficient (Wildman–Crippen LogP) is 4.10. The van der Waals surface area contributed by atoms with Gasteiger partial charge >= 0.3 is 0 Å². The largest absolute Gasteiger partial charge is 0.370 e. The van der Waals surface area contributed by atoms with Gasteiger partial charge in [0.15, 0.2) is 0 Å². The fraction of sp³-hybridized carbons (Fsp3) is 0.667.